The molecule has 0 saturated heterocycles. The number of aliphatic hydroxyl groups excluding tert-OH is 3. The van der Waals surface area contributed by atoms with E-state index in [1.54, 1.807) is 6.08 Å². The lowest BCUT2D eigenvalue weighted by Gasteiger charge is -2.19. The van der Waals surface area contributed by atoms with Gasteiger partial charge in [0.05, 0.1) is 18.3 Å². The largest absolute Gasteiger partial charge is 0.550 e. The number of allylic oxidation sites excluding steroid dienone is 2. The maximum Gasteiger partial charge on any atom is 0.0721 e. The molecular formula is C20H33O5-. The molecule has 0 unspecified atom stereocenters. The third-order valence-electron chi connectivity index (χ3n) is 4.90. The molecule has 25 heavy (non-hydrogen) atoms. The Morgan fingerprint density at radius 3 is 2.64 bits per heavy atom. The second-order valence-electron chi connectivity index (χ2n) is 7.03. The van der Waals surface area contributed by atoms with Gasteiger partial charge in [-0.1, -0.05) is 50.5 Å². The number of carboxylic acids is 1. The summed E-state index contributed by atoms with van der Waals surface area (Å²) in [5.41, 5.74) is 0. The van der Waals surface area contributed by atoms with Crippen LogP contribution in [0.1, 0.15) is 64.7 Å². The van der Waals surface area contributed by atoms with Gasteiger partial charge in [-0.3, -0.25) is 0 Å². The summed E-state index contributed by atoms with van der Waals surface area (Å²) in [6, 6.07) is 0. The van der Waals surface area contributed by atoms with Crippen molar-refractivity contribution in [3.05, 3.63) is 24.3 Å². The van der Waals surface area contributed by atoms with E-state index < -0.39 is 24.3 Å². The Morgan fingerprint density at radius 2 is 1.96 bits per heavy atom. The fraction of sp³-hybridized carbons (Fsp3) is 0.750. The monoisotopic (exact) mass is 353 g/mol. The lowest BCUT2D eigenvalue weighted by atomic mass is 9.89. The lowest BCUT2D eigenvalue weighted by molar-refractivity contribution is -0.305. The van der Waals surface area contributed by atoms with E-state index in [1.165, 1.54) is 0 Å². The Kier molecular flexibility index (Phi) is 10.7. The van der Waals surface area contributed by atoms with E-state index in [0.717, 1.165) is 25.7 Å². The summed E-state index contributed by atoms with van der Waals surface area (Å²) in [4.78, 5) is 10.3. The van der Waals surface area contributed by atoms with Crippen LogP contribution in [-0.2, 0) is 4.79 Å². The molecule has 0 radical (unpaired) electrons. The number of hydrogen-bond donors (Lipinski definition) is 3. The summed E-state index contributed by atoms with van der Waals surface area (Å²) in [5, 5.41) is 40.7. The highest BCUT2D eigenvalue weighted by atomic mass is 16.4. The first-order valence-electron chi connectivity index (χ1n) is 9.53. The number of carbonyl (C=O) groups excluding carboxylic acids is 1. The van der Waals surface area contributed by atoms with E-state index in [4.69, 9.17) is 0 Å². The average Bonchev–Trinajstić information content (AvgIpc) is 2.82. The maximum atomic E-state index is 10.3. The Hall–Kier alpha value is -1.17. The Balaban J connectivity index is 2.46. The van der Waals surface area contributed by atoms with Crippen molar-refractivity contribution >= 4 is 5.97 Å². The number of carboxylic acid groups (broad SMARTS) is 1. The van der Waals surface area contributed by atoms with Crippen LogP contribution in [0.15, 0.2) is 24.3 Å². The van der Waals surface area contributed by atoms with Crippen LogP contribution in [0.25, 0.3) is 0 Å². The smallest absolute Gasteiger partial charge is 0.0721 e. The van der Waals surface area contributed by atoms with Crippen LogP contribution in [0.5, 0.6) is 0 Å². The molecule has 5 nitrogen and oxygen atoms in total. The van der Waals surface area contributed by atoms with E-state index in [9.17, 15) is 25.2 Å². The minimum absolute atomic E-state index is 0.0520. The molecule has 0 aromatic carbocycles. The molecule has 144 valence electrons. The van der Waals surface area contributed by atoms with Gasteiger partial charge in [-0.25, -0.2) is 0 Å². The summed E-state index contributed by atoms with van der Waals surface area (Å²) in [6.07, 6.45) is 12.0. The lowest BCUT2D eigenvalue weighted by Crippen LogP contribution is -2.21. The van der Waals surface area contributed by atoms with E-state index in [0.29, 0.717) is 25.7 Å². The van der Waals surface area contributed by atoms with Crippen molar-refractivity contribution in [3.8, 4) is 0 Å². The summed E-state index contributed by atoms with van der Waals surface area (Å²) in [6.45, 7) is 2.12. The molecule has 5 heteroatoms. The van der Waals surface area contributed by atoms with Gasteiger partial charge >= 0.3 is 0 Å². The molecule has 0 bridgehead atoms. The normalized spacial score (nSPS) is 28.2. The number of aliphatic carboxylic acids is 1. The van der Waals surface area contributed by atoms with Crippen LogP contribution in [0.2, 0.25) is 0 Å². The molecule has 1 aliphatic rings. The van der Waals surface area contributed by atoms with Crippen molar-refractivity contribution in [2.24, 2.45) is 11.8 Å². The fourth-order valence-corrected chi connectivity index (χ4v) is 3.40. The van der Waals surface area contributed by atoms with Crippen molar-refractivity contribution in [2.75, 3.05) is 0 Å². The molecule has 1 rings (SSSR count). The van der Waals surface area contributed by atoms with Crippen LogP contribution in [0.3, 0.4) is 0 Å². The highest BCUT2D eigenvalue weighted by Gasteiger charge is 2.39. The van der Waals surface area contributed by atoms with Crippen molar-refractivity contribution in [1.29, 1.82) is 0 Å². The third kappa shape index (κ3) is 8.66. The van der Waals surface area contributed by atoms with Crippen molar-refractivity contribution in [3.63, 3.8) is 0 Å². The van der Waals surface area contributed by atoms with Gasteiger partial charge in [0.1, 0.15) is 0 Å². The molecular weight excluding hydrogens is 320 g/mol. The van der Waals surface area contributed by atoms with Crippen LogP contribution in [0.4, 0.5) is 0 Å². The zero-order valence-electron chi connectivity index (χ0n) is 15.2. The summed E-state index contributed by atoms with van der Waals surface area (Å²) in [7, 11) is 0. The number of rotatable bonds is 12. The van der Waals surface area contributed by atoms with E-state index >= 15 is 0 Å². The SMILES string of the molecule is CCCCC[C@H](O)/C=C/[C@@H]1[C@@H](C/C=C\CCCC(=O)[O-])[C@H](O)C[C@H]1O. The summed E-state index contributed by atoms with van der Waals surface area (Å²) in [5.74, 6) is -1.28. The third-order valence-corrected chi connectivity index (χ3v) is 4.90. The summed E-state index contributed by atoms with van der Waals surface area (Å²) < 4.78 is 0. The van der Waals surface area contributed by atoms with Crippen LogP contribution in [-0.4, -0.2) is 39.6 Å². The molecule has 0 aliphatic heterocycles. The molecule has 1 aliphatic carbocycles. The van der Waals surface area contributed by atoms with Crippen LogP contribution < -0.4 is 5.11 Å². The van der Waals surface area contributed by atoms with Crippen molar-refractivity contribution in [1.82, 2.24) is 0 Å². The van der Waals surface area contributed by atoms with Crippen LogP contribution >= 0.6 is 0 Å². The fourth-order valence-electron chi connectivity index (χ4n) is 3.40. The molecule has 5 atom stereocenters. The first-order valence-corrected chi connectivity index (χ1v) is 9.53. The van der Waals surface area contributed by atoms with Gasteiger partial charge in [-0.05, 0) is 38.0 Å². The van der Waals surface area contributed by atoms with E-state index in [-0.39, 0.29) is 18.3 Å². The average molecular weight is 353 g/mol. The minimum atomic E-state index is -1.04. The highest BCUT2D eigenvalue weighted by Crippen LogP contribution is 2.36. The molecule has 0 aromatic heterocycles. The van der Waals surface area contributed by atoms with Crippen molar-refractivity contribution in [2.45, 2.75) is 83.0 Å². The molecule has 0 heterocycles. The number of carbonyl (C=O) groups is 1. The number of unbranched alkanes of at least 4 members (excludes halogenated alkanes) is 3. The van der Waals surface area contributed by atoms with Gasteiger partial charge in [-0.2, -0.15) is 0 Å². The Bertz CT molecular complexity index is 432. The minimum Gasteiger partial charge on any atom is -0.550 e. The maximum absolute atomic E-state index is 10.3. The molecule has 3 N–H and O–H groups in total. The second kappa shape index (κ2) is 12.2. The quantitative estimate of drug-likeness (QED) is 0.366. The highest BCUT2D eigenvalue weighted by molar-refractivity contribution is 5.64. The first kappa shape index (κ1) is 21.9. The van der Waals surface area contributed by atoms with Gasteiger partial charge in [0.25, 0.3) is 0 Å². The number of aliphatic hydroxyl groups is 3. The van der Waals surface area contributed by atoms with E-state index in [2.05, 4.69) is 6.92 Å². The van der Waals surface area contributed by atoms with Gasteiger partial charge < -0.3 is 25.2 Å². The molecule has 1 fully saturated rings. The van der Waals surface area contributed by atoms with Gasteiger partial charge in [0, 0.05) is 18.3 Å². The predicted molar refractivity (Wildman–Crippen MR) is 95.5 cm³/mol. The van der Waals surface area contributed by atoms with Crippen molar-refractivity contribution < 1.29 is 25.2 Å². The number of hydrogen-bond acceptors (Lipinski definition) is 5. The first-order chi connectivity index (χ1) is 12.0. The standard InChI is InChI=1S/C20H34O5/c1-2-3-6-9-15(21)12-13-17-16(18(22)14-19(17)23)10-7-4-5-8-11-20(24)25/h4,7,12-13,15-19,21-23H,2-3,5-6,8-11,14H2,1H3,(H,24,25)/p-1/b7-4-,13-12+/t15-,16+,17+,18+,19+/m0/s1. The zero-order valence-corrected chi connectivity index (χ0v) is 15.2. The van der Waals surface area contributed by atoms with Gasteiger partial charge in [-0.15, -0.1) is 0 Å². The molecule has 0 spiro atoms. The van der Waals surface area contributed by atoms with Gasteiger partial charge in [0.15, 0.2) is 0 Å². The second-order valence-corrected chi connectivity index (χ2v) is 7.03. The molecule has 0 aromatic rings. The predicted octanol–water partition coefficient (Wildman–Crippen LogP) is 1.71. The Labute approximate surface area is 151 Å². The molecule has 0 amide bonds. The van der Waals surface area contributed by atoms with E-state index in [1.807, 2.05) is 18.2 Å². The van der Waals surface area contributed by atoms with Gasteiger partial charge in [0.2, 0.25) is 0 Å². The summed E-state index contributed by atoms with van der Waals surface area (Å²) >= 11 is 0. The van der Waals surface area contributed by atoms with Crippen LogP contribution in [0, 0.1) is 11.8 Å². The Morgan fingerprint density at radius 1 is 1.20 bits per heavy atom. The molecule has 1 saturated carbocycles. The zero-order chi connectivity index (χ0) is 18.7. The topological polar surface area (TPSA) is 101 Å².